The van der Waals surface area contributed by atoms with Gasteiger partial charge < -0.3 is 9.64 Å². The van der Waals surface area contributed by atoms with Gasteiger partial charge in [0.25, 0.3) is 0 Å². The van der Waals surface area contributed by atoms with Gasteiger partial charge in [0.15, 0.2) is 0 Å². The van der Waals surface area contributed by atoms with Gasteiger partial charge in [-0.3, -0.25) is 9.78 Å². The molecule has 4 nitrogen and oxygen atoms in total. The van der Waals surface area contributed by atoms with Crippen molar-refractivity contribution in [3.63, 3.8) is 0 Å². The zero-order valence-electron chi connectivity index (χ0n) is 16.3. The van der Waals surface area contributed by atoms with E-state index in [0.717, 1.165) is 23.3 Å². The minimum Gasteiger partial charge on any atom is -0.497 e. The lowest BCUT2D eigenvalue weighted by molar-refractivity contribution is -0.137. The number of methoxy groups -OCH3 is 1. The van der Waals surface area contributed by atoms with Crippen molar-refractivity contribution < 1.29 is 9.53 Å². The number of aromatic nitrogens is 1. The van der Waals surface area contributed by atoms with Crippen molar-refractivity contribution in [3.05, 3.63) is 72.1 Å². The number of carbonyl (C=O) groups excluding carboxylic acids is 1. The molecule has 1 amide bonds. The third kappa shape index (κ3) is 2.92. The SMILES string of the molecule is COc1ccc(CN(Cc2cccnc2)C(=O)[C@@H]2C[C@H]3C=C[C@H]2C32CC2)cc1. The molecule has 0 unspecified atom stereocenters. The molecular formula is C24H26N2O2. The van der Waals surface area contributed by atoms with Crippen molar-refractivity contribution in [1.29, 1.82) is 0 Å². The molecule has 1 heterocycles. The number of allylic oxidation sites excluding steroid dienone is 2. The second kappa shape index (κ2) is 6.77. The summed E-state index contributed by atoms with van der Waals surface area (Å²) < 4.78 is 5.27. The lowest BCUT2D eigenvalue weighted by Gasteiger charge is -2.29. The topological polar surface area (TPSA) is 42.4 Å². The van der Waals surface area contributed by atoms with Gasteiger partial charge in [0, 0.05) is 31.4 Å². The molecule has 144 valence electrons. The molecule has 1 aromatic heterocycles. The Bertz CT molecular complexity index is 887. The molecule has 1 aromatic carbocycles. The Morgan fingerprint density at radius 2 is 1.93 bits per heavy atom. The number of nitrogens with zero attached hydrogens (tertiary/aromatic N) is 2. The van der Waals surface area contributed by atoms with Crippen molar-refractivity contribution in [2.45, 2.75) is 32.4 Å². The van der Waals surface area contributed by atoms with Gasteiger partial charge >= 0.3 is 0 Å². The van der Waals surface area contributed by atoms with E-state index in [-0.39, 0.29) is 5.92 Å². The van der Waals surface area contributed by atoms with Crippen molar-refractivity contribution in [3.8, 4) is 5.75 Å². The summed E-state index contributed by atoms with van der Waals surface area (Å²) in [6, 6.07) is 12.0. The van der Waals surface area contributed by atoms with Crippen LogP contribution in [0.5, 0.6) is 5.75 Å². The average Bonchev–Trinajstić information content (AvgIpc) is 3.41. The molecule has 5 rings (SSSR count). The zero-order valence-corrected chi connectivity index (χ0v) is 16.3. The fourth-order valence-corrected chi connectivity index (χ4v) is 5.37. The first-order chi connectivity index (χ1) is 13.7. The van der Waals surface area contributed by atoms with E-state index in [1.165, 1.54) is 12.8 Å². The van der Waals surface area contributed by atoms with E-state index in [4.69, 9.17) is 4.74 Å². The maximum atomic E-state index is 13.6. The van der Waals surface area contributed by atoms with Crippen molar-refractivity contribution >= 4 is 5.91 Å². The molecule has 1 spiro atoms. The number of hydrogen-bond acceptors (Lipinski definition) is 3. The van der Waals surface area contributed by atoms with Crippen LogP contribution >= 0.6 is 0 Å². The van der Waals surface area contributed by atoms with Gasteiger partial charge in [-0.05, 0) is 65.8 Å². The van der Waals surface area contributed by atoms with Crippen LogP contribution < -0.4 is 4.74 Å². The second-order valence-electron chi connectivity index (χ2n) is 8.50. The van der Waals surface area contributed by atoms with E-state index in [9.17, 15) is 4.79 Å². The summed E-state index contributed by atoms with van der Waals surface area (Å²) >= 11 is 0. The second-order valence-corrected chi connectivity index (χ2v) is 8.50. The third-order valence-corrected chi connectivity index (χ3v) is 6.98. The molecule has 0 N–H and O–H groups in total. The monoisotopic (exact) mass is 374 g/mol. The molecule has 0 saturated heterocycles. The molecule has 28 heavy (non-hydrogen) atoms. The number of pyridine rings is 1. The van der Waals surface area contributed by atoms with Crippen LogP contribution in [0.1, 0.15) is 30.4 Å². The number of hydrogen-bond donors (Lipinski definition) is 0. The smallest absolute Gasteiger partial charge is 0.226 e. The Kier molecular flexibility index (Phi) is 4.22. The van der Waals surface area contributed by atoms with Crippen LogP contribution in [0.4, 0.5) is 0 Å². The molecule has 0 aliphatic heterocycles. The van der Waals surface area contributed by atoms with E-state index < -0.39 is 0 Å². The first-order valence-corrected chi connectivity index (χ1v) is 10.2. The highest BCUT2D eigenvalue weighted by atomic mass is 16.5. The normalized spacial score (nSPS) is 25.8. The van der Waals surface area contributed by atoms with Crippen LogP contribution in [0.3, 0.4) is 0 Å². The fraction of sp³-hybridized carbons (Fsp3) is 0.417. The van der Waals surface area contributed by atoms with Gasteiger partial charge in [-0.25, -0.2) is 0 Å². The Balaban J connectivity index is 1.38. The predicted molar refractivity (Wildman–Crippen MR) is 107 cm³/mol. The third-order valence-electron chi connectivity index (χ3n) is 6.98. The van der Waals surface area contributed by atoms with Gasteiger partial charge in [-0.2, -0.15) is 0 Å². The minimum absolute atomic E-state index is 0.132. The minimum atomic E-state index is 0.132. The first kappa shape index (κ1) is 17.5. The summed E-state index contributed by atoms with van der Waals surface area (Å²) in [4.78, 5) is 19.9. The van der Waals surface area contributed by atoms with Crippen LogP contribution in [0.2, 0.25) is 0 Å². The molecule has 2 aromatic rings. The molecule has 0 radical (unpaired) electrons. The predicted octanol–water partition coefficient (Wildman–Crippen LogP) is 4.22. The maximum Gasteiger partial charge on any atom is 0.226 e. The van der Waals surface area contributed by atoms with Crippen LogP contribution in [0.15, 0.2) is 60.9 Å². The molecule has 3 atom stereocenters. The summed E-state index contributed by atoms with van der Waals surface area (Å²) in [5.41, 5.74) is 2.63. The number of rotatable bonds is 6. The standard InChI is InChI=1S/C24H26N2O2/c1-28-20-7-4-17(5-8-20)15-26(16-18-3-2-12-25-14-18)23(27)21-13-19-6-9-22(21)24(19)10-11-24/h2-9,12,14,19,21-22H,10-11,13,15-16H2,1H3/t19-,21-,22-/m1/s1. The van der Waals surface area contributed by atoms with Crippen LogP contribution in [-0.4, -0.2) is 22.9 Å². The van der Waals surface area contributed by atoms with Gasteiger partial charge in [0.1, 0.15) is 5.75 Å². The van der Waals surface area contributed by atoms with Crippen LogP contribution in [0, 0.1) is 23.2 Å². The molecule has 3 aliphatic rings. The van der Waals surface area contributed by atoms with Crippen molar-refractivity contribution in [2.75, 3.05) is 7.11 Å². The Morgan fingerprint density at radius 1 is 1.14 bits per heavy atom. The summed E-state index contributed by atoms with van der Waals surface area (Å²) in [5.74, 6) is 2.32. The molecule has 3 aliphatic carbocycles. The number of benzene rings is 1. The number of ether oxygens (including phenoxy) is 1. The molecular weight excluding hydrogens is 348 g/mol. The van der Waals surface area contributed by atoms with Gasteiger partial charge in [0.2, 0.25) is 5.91 Å². The Hall–Kier alpha value is -2.62. The number of amides is 1. The van der Waals surface area contributed by atoms with E-state index in [2.05, 4.69) is 17.1 Å². The zero-order chi connectivity index (χ0) is 19.1. The van der Waals surface area contributed by atoms with Crippen LogP contribution in [-0.2, 0) is 17.9 Å². The summed E-state index contributed by atoms with van der Waals surface area (Å²) in [6.07, 6.45) is 11.9. The quantitative estimate of drug-likeness (QED) is 0.711. The average molecular weight is 374 g/mol. The highest BCUT2D eigenvalue weighted by Crippen LogP contribution is 2.70. The van der Waals surface area contributed by atoms with Gasteiger partial charge in [0.05, 0.1) is 7.11 Å². The van der Waals surface area contributed by atoms with Crippen molar-refractivity contribution in [1.82, 2.24) is 9.88 Å². The lowest BCUT2D eigenvalue weighted by atomic mass is 9.88. The summed E-state index contributed by atoms with van der Waals surface area (Å²) in [6.45, 7) is 1.21. The van der Waals surface area contributed by atoms with E-state index in [1.807, 2.05) is 47.5 Å². The van der Waals surface area contributed by atoms with E-state index in [1.54, 1.807) is 13.3 Å². The highest BCUT2D eigenvalue weighted by Gasteiger charge is 2.64. The Morgan fingerprint density at radius 3 is 2.57 bits per heavy atom. The van der Waals surface area contributed by atoms with Crippen molar-refractivity contribution in [2.24, 2.45) is 23.2 Å². The maximum absolute atomic E-state index is 13.6. The highest BCUT2D eigenvalue weighted by molar-refractivity contribution is 5.80. The summed E-state index contributed by atoms with van der Waals surface area (Å²) in [7, 11) is 1.67. The molecule has 2 fully saturated rings. The fourth-order valence-electron chi connectivity index (χ4n) is 5.37. The molecule has 2 bridgehead atoms. The number of carbonyl (C=O) groups is 1. The van der Waals surface area contributed by atoms with E-state index >= 15 is 0 Å². The Labute approximate surface area is 166 Å². The van der Waals surface area contributed by atoms with E-state index in [0.29, 0.717) is 36.2 Å². The summed E-state index contributed by atoms with van der Waals surface area (Å²) in [5, 5.41) is 0. The molecule has 2 saturated carbocycles. The van der Waals surface area contributed by atoms with Gasteiger partial charge in [-0.1, -0.05) is 30.4 Å². The van der Waals surface area contributed by atoms with Crippen LogP contribution in [0.25, 0.3) is 0 Å². The largest absolute Gasteiger partial charge is 0.497 e. The lowest BCUT2D eigenvalue weighted by Crippen LogP contribution is -2.37. The first-order valence-electron chi connectivity index (χ1n) is 10.2. The van der Waals surface area contributed by atoms with Gasteiger partial charge in [-0.15, -0.1) is 0 Å². The molecule has 4 heteroatoms.